The van der Waals surface area contributed by atoms with Crippen LogP contribution in [-0.2, 0) is 6.54 Å². The van der Waals surface area contributed by atoms with Gasteiger partial charge in [-0.05, 0) is 38.1 Å². The third-order valence-electron chi connectivity index (χ3n) is 2.83. The molecule has 94 valence electrons. The summed E-state index contributed by atoms with van der Waals surface area (Å²) < 4.78 is 5.48. The van der Waals surface area contributed by atoms with Gasteiger partial charge in [-0.2, -0.15) is 0 Å². The van der Waals surface area contributed by atoms with E-state index in [2.05, 4.69) is 31.0 Å². The number of aryl methyl sites for hydroxylation is 1. The summed E-state index contributed by atoms with van der Waals surface area (Å²) in [5.74, 6) is 0.912. The summed E-state index contributed by atoms with van der Waals surface area (Å²) in [4.78, 5) is 2.05. The summed E-state index contributed by atoms with van der Waals surface area (Å²) in [5.41, 5.74) is 4.44. The van der Waals surface area contributed by atoms with Gasteiger partial charge in [0.05, 0.1) is 12.8 Å². The molecule has 3 nitrogen and oxygen atoms in total. The van der Waals surface area contributed by atoms with E-state index in [0.717, 1.165) is 29.2 Å². The molecule has 0 radical (unpaired) electrons. The maximum absolute atomic E-state index is 5.48. The Kier molecular flexibility index (Phi) is 4.58. The Morgan fingerprint density at radius 3 is 2.59 bits per heavy atom. The standard InChI is InChI=1S/C14H22N2O/c1-10(2)16(5)13-8-12(9-15-4)7-11(3)14(13)17-6/h7-8,15H,1,9H2,2-6H3. The van der Waals surface area contributed by atoms with Crippen LogP contribution in [0.25, 0.3) is 0 Å². The maximum Gasteiger partial charge on any atom is 0.145 e. The number of allylic oxidation sites excluding steroid dienone is 1. The molecule has 0 aliphatic rings. The third-order valence-corrected chi connectivity index (χ3v) is 2.83. The fourth-order valence-corrected chi connectivity index (χ4v) is 1.85. The lowest BCUT2D eigenvalue weighted by Crippen LogP contribution is -2.16. The fraction of sp³-hybridized carbons (Fsp3) is 0.429. The number of nitrogens with zero attached hydrogens (tertiary/aromatic N) is 1. The Hall–Kier alpha value is -1.48. The van der Waals surface area contributed by atoms with Crippen molar-refractivity contribution in [3.05, 3.63) is 35.5 Å². The number of rotatable bonds is 5. The zero-order valence-electron chi connectivity index (χ0n) is 11.4. The van der Waals surface area contributed by atoms with Crippen molar-refractivity contribution in [2.24, 2.45) is 0 Å². The van der Waals surface area contributed by atoms with Crippen LogP contribution in [0.3, 0.4) is 0 Å². The predicted molar refractivity (Wildman–Crippen MR) is 73.7 cm³/mol. The monoisotopic (exact) mass is 234 g/mol. The van der Waals surface area contributed by atoms with Gasteiger partial charge in [0, 0.05) is 19.3 Å². The van der Waals surface area contributed by atoms with Crippen LogP contribution in [0, 0.1) is 6.92 Å². The van der Waals surface area contributed by atoms with Gasteiger partial charge in [0.1, 0.15) is 5.75 Å². The van der Waals surface area contributed by atoms with Crippen LogP contribution in [0.15, 0.2) is 24.4 Å². The normalized spacial score (nSPS) is 10.2. The average Bonchev–Trinajstić information content (AvgIpc) is 2.27. The summed E-state index contributed by atoms with van der Waals surface area (Å²) in [6, 6.07) is 4.28. The van der Waals surface area contributed by atoms with Crippen molar-refractivity contribution in [2.45, 2.75) is 20.4 Å². The second-order valence-electron chi connectivity index (χ2n) is 4.29. The zero-order valence-corrected chi connectivity index (χ0v) is 11.4. The quantitative estimate of drug-likeness (QED) is 0.847. The van der Waals surface area contributed by atoms with Gasteiger partial charge in [-0.3, -0.25) is 0 Å². The molecule has 0 atom stereocenters. The Balaban J connectivity index is 3.28. The third kappa shape index (κ3) is 3.01. The van der Waals surface area contributed by atoms with Crippen LogP contribution in [0.4, 0.5) is 5.69 Å². The number of nitrogens with one attached hydrogen (secondary N) is 1. The van der Waals surface area contributed by atoms with Crippen LogP contribution >= 0.6 is 0 Å². The molecule has 0 aliphatic carbocycles. The summed E-state index contributed by atoms with van der Waals surface area (Å²) in [7, 11) is 5.65. The molecule has 17 heavy (non-hydrogen) atoms. The molecule has 0 aliphatic heterocycles. The molecule has 0 unspecified atom stereocenters. The molecule has 0 fully saturated rings. The summed E-state index contributed by atoms with van der Waals surface area (Å²) in [6.07, 6.45) is 0. The highest BCUT2D eigenvalue weighted by Crippen LogP contribution is 2.33. The van der Waals surface area contributed by atoms with Crippen molar-refractivity contribution in [1.82, 2.24) is 5.32 Å². The van der Waals surface area contributed by atoms with Crippen LogP contribution in [-0.4, -0.2) is 21.2 Å². The molecule has 0 spiro atoms. The Morgan fingerprint density at radius 1 is 1.47 bits per heavy atom. The van der Waals surface area contributed by atoms with Gasteiger partial charge in [0.15, 0.2) is 0 Å². The first kappa shape index (κ1) is 13.6. The van der Waals surface area contributed by atoms with Gasteiger partial charge >= 0.3 is 0 Å². The number of benzene rings is 1. The summed E-state index contributed by atoms with van der Waals surface area (Å²) in [5, 5.41) is 3.16. The minimum atomic E-state index is 0.849. The van der Waals surface area contributed by atoms with E-state index in [9.17, 15) is 0 Å². The fourth-order valence-electron chi connectivity index (χ4n) is 1.85. The summed E-state index contributed by atoms with van der Waals surface area (Å²) in [6.45, 7) is 8.86. The van der Waals surface area contributed by atoms with E-state index in [-0.39, 0.29) is 0 Å². The van der Waals surface area contributed by atoms with Gasteiger partial charge in [-0.1, -0.05) is 12.6 Å². The van der Waals surface area contributed by atoms with Crippen molar-refractivity contribution in [3.8, 4) is 5.75 Å². The first-order valence-electron chi connectivity index (χ1n) is 5.72. The molecular weight excluding hydrogens is 212 g/mol. The second-order valence-corrected chi connectivity index (χ2v) is 4.29. The minimum absolute atomic E-state index is 0.849. The second kappa shape index (κ2) is 5.73. The first-order valence-corrected chi connectivity index (χ1v) is 5.72. The maximum atomic E-state index is 5.48. The van der Waals surface area contributed by atoms with Crippen molar-refractivity contribution < 1.29 is 4.74 Å². The van der Waals surface area contributed by atoms with Gasteiger partial charge in [0.2, 0.25) is 0 Å². The number of anilines is 1. The molecule has 1 aromatic carbocycles. The number of hydrogen-bond acceptors (Lipinski definition) is 3. The molecule has 0 aromatic heterocycles. The Bertz CT molecular complexity index is 413. The smallest absolute Gasteiger partial charge is 0.145 e. The van der Waals surface area contributed by atoms with E-state index >= 15 is 0 Å². The van der Waals surface area contributed by atoms with E-state index in [1.54, 1.807) is 7.11 Å². The van der Waals surface area contributed by atoms with Crippen molar-refractivity contribution in [1.29, 1.82) is 0 Å². The summed E-state index contributed by atoms with van der Waals surface area (Å²) >= 11 is 0. The van der Waals surface area contributed by atoms with E-state index < -0.39 is 0 Å². The zero-order chi connectivity index (χ0) is 13.0. The molecule has 0 heterocycles. The Labute approximate surface area is 104 Å². The van der Waals surface area contributed by atoms with Crippen LogP contribution < -0.4 is 15.0 Å². The molecule has 1 aromatic rings. The van der Waals surface area contributed by atoms with Crippen molar-refractivity contribution in [2.75, 3.05) is 26.1 Å². The van der Waals surface area contributed by atoms with E-state index in [1.165, 1.54) is 5.56 Å². The van der Waals surface area contributed by atoms with Crippen LogP contribution in [0.5, 0.6) is 5.75 Å². The van der Waals surface area contributed by atoms with E-state index in [0.29, 0.717) is 0 Å². The van der Waals surface area contributed by atoms with Crippen molar-refractivity contribution >= 4 is 5.69 Å². The number of methoxy groups -OCH3 is 1. The Morgan fingerprint density at radius 2 is 2.12 bits per heavy atom. The lowest BCUT2D eigenvalue weighted by atomic mass is 10.1. The topological polar surface area (TPSA) is 24.5 Å². The lowest BCUT2D eigenvalue weighted by Gasteiger charge is -2.24. The molecule has 0 amide bonds. The highest BCUT2D eigenvalue weighted by molar-refractivity contribution is 5.65. The molecule has 1 N–H and O–H groups in total. The van der Waals surface area contributed by atoms with Crippen LogP contribution in [0.1, 0.15) is 18.1 Å². The van der Waals surface area contributed by atoms with Gasteiger partial charge < -0.3 is 15.0 Å². The highest BCUT2D eigenvalue weighted by atomic mass is 16.5. The van der Waals surface area contributed by atoms with Crippen molar-refractivity contribution in [3.63, 3.8) is 0 Å². The van der Waals surface area contributed by atoms with Gasteiger partial charge in [-0.15, -0.1) is 0 Å². The molecule has 0 saturated heterocycles. The molecule has 1 rings (SSSR count). The molecular formula is C14H22N2O. The van der Waals surface area contributed by atoms with Crippen LogP contribution in [0.2, 0.25) is 0 Å². The lowest BCUT2D eigenvalue weighted by molar-refractivity contribution is 0.412. The van der Waals surface area contributed by atoms with E-state index in [1.807, 2.05) is 25.9 Å². The number of hydrogen-bond donors (Lipinski definition) is 1. The predicted octanol–water partition coefficient (Wildman–Crippen LogP) is 2.69. The minimum Gasteiger partial charge on any atom is -0.494 e. The number of ether oxygens (including phenoxy) is 1. The van der Waals surface area contributed by atoms with E-state index in [4.69, 9.17) is 4.74 Å². The molecule has 0 bridgehead atoms. The van der Waals surface area contributed by atoms with Gasteiger partial charge in [-0.25, -0.2) is 0 Å². The SMILES string of the molecule is C=C(C)N(C)c1cc(CNC)cc(C)c1OC. The molecule has 3 heteroatoms. The largest absolute Gasteiger partial charge is 0.494 e. The van der Waals surface area contributed by atoms with Gasteiger partial charge in [0.25, 0.3) is 0 Å². The molecule has 0 saturated carbocycles. The first-order chi connectivity index (χ1) is 8.01. The highest BCUT2D eigenvalue weighted by Gasteiger charge is 2.12. The average molecular weight is 234 g/mol.